The molecule has 1 aliphatic rings. The van der Waals surface area contributed by atoms with Gasteiger partial charge in [-0.2, -0.15) is 4.58 Å². The van der Waals surface area contributed by atoms with Crippen LogP contribution in [0.5, 0.6) is 0 Å². The molecule has 0 N–H and O–H groups in total. The van der Waals surface area contributed by atoms with Crippen molar-refractivity contribution in [1.82, 2.24) is 0 Å². The zero-order valence-electron chi connectivity index (χ0n) is 16.2. The van der Waals surface area contributed by atoms with E-state index in [0.717, 1.165) is 0 Å². The van der Waals surface area contributed by atoms with E-state index in [9.17, 15) is 0 Å². The Hall–Kier alpha value is -1.88. The maximum Gasteiger partial charge on any atom is 0.209 e. The van der Waals surface area contributed by atoms with Crippen LogP contribution in [0.3, 0.4) is 0 Å². The number of halogens is 1. The van der Waals surface area contributed by atoms with E-state index in [2.05, 4.69) is 117 Å². The second kappa shape index (κ2) is 8.21. The molecule has 0 saturated heterocycles. The lowest BCUT2D eigenvalue weighted by atomic mass is 9.81. The van der Waals surface area contributed by atoms with Crippen molar-refractivity contribution >= 4 is 23.2 Å². The Kier molecular flexibility index (Phi) is 6.45. The third-order valence-corrected chi connectivity index (χ3v) is 5.00. The Labute approximate surface area is 174 Å². The molecule has 3 heteroatoms. The molecule has 0 atom stereocenters. The first-order valence-electron chi connectivity index (χ1n) is 8.74. The summed E-state index contributed by atoms with van der Waals surface area (Å²) >= 11 is 0. The summed E-state index contributed by atoms with van der Waals surface area (Å²) in [6.07, 6.45) is 8.63. The van der Waals surface area contributed by atoms with Crippen molar-refractivity contribution in [3.8, 4) is 0 Å². The average molecular weight is 458 g/mol. The fourth-order valence-corrected chi connectivity index (χ4v) is 3.50. The van der Waals surface area contributed by atoms with Crippen LogP contribution in [0, 0.1) is 0 Å². The first-order chi connectivity index (χ1) is 11.9. The number of para-hydroxylation sites is 1. The van der Waals surface area contributed by atoms with Gasteiger partial charge in [0.15, 0.2) is 5.71 Å². The standard InChI is InChI=1S/C23H27N2.HI/c1-23(2)20-11-7-8-12-21(20)25(5)22(23)13-9-6-10-18-14-16-19(17-15-18)24(3)4;/h6-17H,1-5H3;1H/q+1;/p-1. The molecule has 0 amide bonds. The maximum atomic E-state index is 2.30. The molecule has 0 fully saturated rings. The molecule has 0 unspecified atom stereocenters. The molecule has 26 heavy (non-hydrogen) atoms. The van der Waals surface area contributed by atoms with Gasteiger partial charge in [0, 0.05) is 37.5 Å². The van der Waals surface area contributed by atoms with Gasteiger partial charge in [-0.25, -0.2) is 0 Å². The highest BCUT2D eigenvalue weighted by atomic mass is 127. The number of fused-ring (bicyclic) bond motifs is 1. The fraction of sp³-hybridized carbons (Fsp3) is 0.261. The van der Waals surface area contributed by atoms with Crippen molar-refractivity contribution in [1.29, 1.82) is 0 Å². The predicted octanol–water partition coefficient (Wildman–Crippen LogP) is 2.03. The molecule has 0 aliphatic carbocycles. The Morgan fingerprint density at radius 3 is 2.12 bits per heavy atom. The third-order valence-electron chi connectivity index (χ3n) is 5.00. The Morgan fingerprint density at radius 2 is 1.50 bits per heavy atom. The molecular weight excluding hydrogens is 431 g/mol. The lowest BCUT2D eigenvalue weighted by molar-refractivity contribution is -0.401. The van der Waals surface area contributed by atoms with Crippen molar-refractivity contribution in [2.45, 2.75) is 19.3 Å². The van der Waals surface area contributed by atoms with Crippen LogP contribution in [-0.2, 0) is 5.41 Å². The van der Waals surface area contributed by atoms with Crippen molar-refractivity contribution in [2.24, 2.45) is 0 Å². The van der Waals surface area contributed by atoms with Crippen LogP contribution >= 0.6 is 0 Å². The van der Waals surface area contributed by atoms with E-state index in [4.69, 9.17) is 0 Å². The van der Waals surface area contributed by atoms with Crippen molar-refractivity contribution in [2.75, 3.05) is 26.0 Å². The molecule has 1 aliphatic heterocycles. The highest BCUT2D eigenvalue weighted by Gasteiger charge is 2.42. The highest BCUT2D eigenvalue weighted by Crippen LogP contribution is 2.38. The van der Waals surface area contributed by atoms with Crippen LogP contribution in [0.4, 0.5) is 11.4 Å². The topological polar surface area (TPSA) is 6.25 Å². The van der Waals surface area contributed by atoms with E-state index >= 15 is 0 Å². The van der Waals surface area contributed by atoms with Gasteiger partial charge in [-0.1, -0.05) is 48.6 Å². The molecule has 0 saturated carbocycles. The number of benzene rings is 2. The van der Waals surface area contributed by atoms with Gasteiger partial charge < -0.3 is 28.9 Å². The van der Waals surface area contributed by atoms with E-state index in [1.807, 2.05) is 0 Å². The fourth-order valence-electron chi connectivity index (χ4n) is 3.50. The minimum Gasteiger partial charge on any atom is -1.00 e. The lowest BCUT2D eigenvalue weighted by Crippen LogP contribution is -3.00. The highest BCUT2D eigenvalue weighted by molar-refractivity contribution is 6.03. The van der Waals surface area contributed by atoms with Crippen LogP contribution in [0.25, 0.3) is 6.08 Å². The molecule has 2 nitrogen and oxygen atoms in total. The second-order valence-electron chi connectivity index (χ2n) is 7.29. The summed E-state index contributed by atoms with van der Waals surface area (Å²) in [6.45, 7) is 4.58. The number of hydrogen-bond acceptors (Lipinski definition) is 1. The first-order valence-corrected chi connectivity index (χ1v) is 8.74. The monoisotopic (exact) mass is 458 g/mol. The van der Waals surface area contributed by atoms with E-state index in [-0.39, 0.29) is 29.4 Å². The molecule has 0 bridgehead atoms. The molecule has 3 rings (SSSR count). The van der Waals surface area contributed by atoms with Crippen LogP contribution in [-0.4, -0.2) is 31.4 Å². The summed E-state index contributed by atoms with van der Waals surface area (Å²) in [6, 6.07) is 17.2. The van der Waals surface area contributed by atoms with Gasteiger partial charge in [-0.15, -0.1) is 0 Å². The van der Waals surface area contributed by atoms with E-state index in [1.165, 1.54) is 28.2 Å². The minimum atomic E-state index is 0. The van der Waals surface area contributed by atoms with Crippen molar-refractivity contribution in [3.05, 3.63) is 77.9 Å². The van der Waals surface area contributed by atoms with Crippen LogP contribution < -0.4 is 28.9 Å². The third kappa shape index (κ3) is 3.93. The van der Waals surface area contributed by atoms with Gasteiger partial charge >= 0.3 is 0 Å². The van der Waals surface area contributed by atoms with Crippen LogP contribution in [0.1, 0.15) is 25.0 Å². The molecule has 1 heterocycles. The predicted molar refractivity (Wildman–Crippen MR) is 109 cm³/mol. The SMILES string of the molecule is CN(C)c1ccc(C=CC=CC2=[N+](C)c3ccccc3C2(C)C)cc1.[I-]. The first kappa shape index (κ1) is 20.4. The summed E-state index contributed by atoms with van der Waals surface area (Å²) in [5.74, 6) is 0. The molecule has 0 spiro atoms. The number of hydrogen-bond donors (Lipinski definition) is 0. The lowest BCUT2D eigenvalue weighted by Gasteiger charge is -2.14. The molecule has 136 valence electrons. The maximum absolute atomic E-state index is 2.30. The van der Waals surface area contributed by atoms with Gasteiger partial charge in [0.05, 0.1) is 5.41 Å². The molecular formula is C23H27IN2. The Morgan fingerprint density at radius 1 is 0.885 bits per heavy atom. The number of anilines is 1. The van der Waals surface area contributed by atoms with Gasteiger partial charge in [-0.05, 0) is 31.5 Å². The number of nitrogens with zero attached hydrogens (tertiary/aromatic N) is 2. The van der Waals surface area contributed by atoms with Crippen molar-refractivity contribution in [3.63, 3.8) is 0 Å². The van der Waals surface area contributed by atoms with E-state index in [1.54, 1.807) is 0 Å². The van der Waals surface area contributed by atoms with Gasteiger partial charge in [0.25, 0.3) is 0 Å². The van der Waals surface area contributed by atoms with Crippen LogP contribution in [0.15, 0.2) is 66.8 Å². The number of allylic oxidation sites excluding steroid dienone is 3. The minimum absolute atomic E-state index is 0. The summed E-state index contributed by atoms with van der Waals surface area (Å²) in [5, 5.41) is 0. The molecule has 2 aromatic rings. The molecule has 0 aromatic heterocycles. The Balaban J connectivity index is 0.00000243. The number of rotatable bonds is 4. The summed E-state index contributed by atoms with van der Waals surface area (Å²) in [7, 11) is 6.27. The van der Waals surface area contributed by atoms with E-state index < -0.39 is 0 Å². The summed E-state index contributed by atoms with van der Waals surface area (Å²) < 4.78 is 2.30. The quantitative estimate of drug-likeness (QED) is 0.386. The Bertz CT molecular complexity index is 856. The molecule has 0 radical (unpaired) electrons. The van der Waals surface area contributed by atoms with Crippen molar-refractivity contribution < 1.29 is 28.6 Å². The van der Waals surface area contributed by atoms with Gasteiger partial charge in [0.1, 0.15) is 7.05 Å². The summed E-state index contributed by atoms with van der Waals surface area (Å²) in [5.41, 5.74) is 6.47. The zero-order valence-corrected chi connectivity index (χ0v) is 18.4. The van der Waals surface area contributed by atoms with Crippen LogP contribution in [0.2, 0.25) is 0 Å². The smallest absolute Gasteiger partial charge is 0.209 e. The van der Waals surface area contributed by atoms with Gasteiger partial charge in [0.2, 0.25) is 5.69 Å². The summed E-state index contributed by atoms with van der Waals surface area (Å²) in [4.78, 5) is 2.11. The van der Waals surface area contributed by atoms with E-state index in [0.29, 0.717) is 0 Å². The average Bonchev–Trinajstić information content (AvgIpc) is 2.79. The normalized spacial score (nSPS) is 15.4. The second-order valence-corrected chi connectivity index (χ2v) is 7.29. The largest absolute Gasteiger partial charge is 1.00 e. The zero-order chi connectivity index (χ0) is 18.0. The molecule has 2 aromatic carbocycles. The van der Waals surface area contributed by atoms with Gasteiger partial charge in [-0.3, -0.25) is 0 Å².